The van der Waals surface area contributed by atoms with Crippen molar-refractivity contribution in [1.82, 2.24) is 10.2 Å². The molecule has 152 valence electrons. The zero-order chi connectivity index (χ0) is 21.2. The van der Waals surface area contributed by atoms with Crippen LogP contribution in [0.4, 0.5) is 11.4 Å². The van der Waals surface area contributed by atoms with Gasteiger partial charge in [-0.15, -0.1) is 10.2 Å². The highest BCUT2D eigenvalue weighted by Crippen LogP contribution is 2.35. The third-order valence-electron chi connectivity index (χ3n) is 5.39. The zero-order valence-electron chi connectivity index (χ0n) is 16.6. The predicted octanol–water partition coefficient (Wildman–Crippen LogP) is 4.39. The van der Waals surface area contributed by atoms with Gasteiger partial charge in [-0.2, -0.15) is 0 Å². The molecule has 1 aromatic heterocycles. The molecule has 0 saturated carbocycles. The molecule has 0 N–H and O–H groups in total. The van der Waals surface area contributed by atoms with Crippen molar-refractivity contribution < 1.29 is 14.0 Å². The molecule has 0 bridgehead atoms. The first-order chi connectivity index (χ1) is 15.2. The number of para-hydroxylation sites is 2. The quantitative estimate of drug-likeness (QED) is 0.468. The van der Waals surface area contributed by atoms with E-state index in [1.165, 1.54) is 0 Å². The molecule has 0 saturated heterocycles. The van der Waals surface area contributed by atoms with Gasteiger partial charge in [0.05, 0.1) is 5.69 Å². The van der Waals surface area contributed by atoms with Crippen molar-refractivity contribution >= 4 is 23.1 Å². The Morgan fingerprint density at radius 2 is 1.52 bits per heavy atom. The summed E-state index contributed by atoms with van der Waals surface area (Å²) in [6, 6.07) is 26.3. The lowest BCUT2D eigenvalue weighted by Gasteiger charge is -2.25. The molecule has 0 radical (unpaired) electrons. The van der Waals surface area contributed by atoms with Crippen LogP contribution in [0.15, 0.2) is 89.3 Å². The number of benzene rings is 3. The first-order valence-corrected chi connectivity index (χ1v) is 10.1. The summed E-state index contributed by atoms with van der Waals surface area (Å²) in [5.74, 6) is -0.718. The maximum atomic E-state index is 13.6. The van der Waals surface area contributed by atoms with Crippen LogP contribution in [0.2, 0.25) is 0 Å². The lowest BCUT2D eigenvalue weighted by molar-refractivity contribution is -0.131. The van der Waals surface area contributed by atoms with E-state index in [2.05, 4.69) is 10.2 Å². The van der Waals surface area contributed by atoms with Gasteiger partial charge in [0.25, 0.3) is 0 Å². The Balaban J connectivity index is 1.50. The Bertz CT molecular complexity index is 1240. The highest BCUT2D eigenvalue weighted by molar-refractivity contribution is 6.15. The number of ketones is 1. The Hall–Kier alpha value is -4.06. The van der Waals surface area contributed by atoms with Gasteiger partial charge in [0, 0.05) is 24.1 Å². The molecule has 6 nitrogen and oxygen atoms in total. The van der Waals surface area contributed by atoms with Crippen molar-refractivity contribution in [1.29, 1.82) is 0 Å². The number of anilines is 2. The van der Waals surface area contributed by atoms with E-state index in [9.17, 15) is 9.59 Å². The van der Waals surface area contributed by atoms with Crippen LogP contribution in [0.1, 0.15) is 11.5 Å². The highest BCUT2D eigenvalue weighted by Gasteiger charge is 2.37. The van der Waals surface area contributed by atoms with Crippen LogP contribution in [-0.4, -0.2) is 21.9 Å². The van der Waals surface area contributed by atoms with E-state index >= 15 is 0 Å². The predicted molar refractivity (Wildman–Crippen MR) is 116 cm³/mol. The molecule has 4 aromatic rings. The fraction of sp³-hybridized carbons (Fsp3) is 0.120. The lowest BCUT2D eigenvalue weighted by Crippen LogP contribution is -2.36. The molecule has 1 atom stereocenters. The van der Waals surface area contributed by atoms with E-state index in [0.29, 0.717) is 5.89 Å². The fourth-order valence-corrected chi connectivity index (χ4v) is 3.85. The van der Waals surface area contributed by atoms with Gasteiger partial charge in [-0.1, -0.05) is 54.6 Å². The summed E-state index contributed by atoms with van der Waals surface area (Å²) < 4.78 is 5.78. The van der Waals surface area contributed by atoms with Gasteiger partial charge in [0.15, 0.2) is 0 Å². The van der Waals surface area contributed by atoms with E-state index in [0.717, 1.165) is 22.5 Å². The van der Waals surface area contributed by atoms with Gasteiger partial charge in [-0.25, -0.2) is 0 Å². The summed E-state index contributed by atoms with van der Waals surface area (Å²) in [5, 5.41) is 8.18. The van der Waals surface area contributed by atoms with Crippen LogP contribution >= 0.6 is 0 Å². The first kappa shape index (κ1) is 18.9. The van der Waals surface area contributed by atoms with E-state index in [1.54, 1.807) is 4.90 Å². The Morgan fingerprint density at radius 1 is 0.839 bits per heavy atom. The summed E-state index contributed by atoms with van der Waals surface area (Å²) in [5.41, 5.74) is 3.06. The minimum Gasteiger partial charge on any atom is -0.421 e. The van der Waals surface area contributed by atoms with Crippen LogP contribution in [0.5, 0.6) is 0 Å². The monoisotopic (exact) mass is 409 g/mol. The van der Waals surface area contributed by atoms with E-state index in [4.69, 9.17) is 4.42 Å². The molecular formula is C25H19N3O3. The van der Waals surface area contributed by atoms with Gasteiger partial charge in [-0.3, -0.25) is 14.5 Å². The minimum atomic E-state index is -0.906. The summed E-state index contributed by atoms with van der Waals surface area (Å²) in [6.07, 6.45) is 0.240. The number of carbonyl (C=O) groups excluding carboxylic acids is 2. The Labute approximate surface area is 179 Å². The normalized spacial score (nSPS) is 16.1. The molecule has 1 unspecified atom stereocenters. The number of fused-ring (bicyclic) bond motifs is 1. The second kappa shape index (κ2) is 7.99. The number of rotatable bonds is 4. The summed E-state index contributed by atoms with van der Waals surface area (Å²) >= 11 is 0. The number of hydrogen-bond acceptors (Lipinski definition) is 5. The molecule has 0 spiro atoms. The van der Waals surface area contributed by atoms with E-state index in [-0.39, 0.29) is 30.4 Å². The molecule has 5 rings (SSSR count). The number of carbonyl (C=O) groups is 2. The highest BCUT2D eigenvalue weighted by atomic mass is 16.4. The number of nitrogens with zero attached hydrogens (tertiary/aromatic N) is 3. The molecule has 3 aromatic carbocycles. The maximum absolute atomic E-state index is 13.6. The molecule has 0 fully saturated rings. The molecule has 1 aliphatic rings. The van der Waals surface area contributed by atoms with Crippen LogP contribution < -0.4 is 4.90 Å². The van der Waals surface area contributed by atoms with Crippen molar-refractivity contribution in [3.05, 3.63) is 96.4 Å². The molecule has 2 heterocycles. The maximum Gasteiger partial charge on any atom is 0.247 e. The van der Waals surface area contributed by atoms with Crippen molar-refractivity contribution in [3.63, 3.8) is 0 Å². The van der Waals surface area contributed by atoms with Crippen molar-refractivity contribution in [2.24, 2.45) is 5.92 Å². The second-order valence-electron chi connectivity index (χ2n) is 7.40. The Morgan fingerprint density at radius 3 is 2.29 bits per heavy atom. The molecule has 31 heavy (non-hydrogen) atoms. The molecule has 0 aliphatic carbocycles. The summed E-state index contributed by atoms with van der Waals surface area (Å²) in [7, 11) is 0. The molecule has 1 amide bonds. The number of aromatic nitrogens is 2. The van der Waals surface area contributed by atoms with Gasteiger partial charge >= 0.3 is 0 Å². The van der Waals surface area contributed by atoms with E-state index < -0.39 is 5.92 Å². The minimum absolute atomic E-state index is 0.0643. The van der Waals surface area contributed by atoms with Gasteiger partial charge < -0.3 is 4.42 Å². The largest absolute Gasteiger partial charge is 0.421 e. The van der Waals surface area contributed by atoms with Crippen LogP contribution in [0.25, 0.3) is 11.5 Å². The van der Waals surface area contributed by atoms with Crippen LogP contribution in [0.3, 0.4) is 0 Å². The molecule has 6 heteroatoms. The second-order valence-corrected chi connectivity index (χ2v) is 7.40. The Kier molecular flexibility index (Phi) is 4.88. The third-order valence-corrected chi connectivity index (χ3v) is 5.39. The third kappa shape index (κ3) is 3.64. The lowest BCUT2D eigenvalue weighted by atomic mass is 9.95. The summed E-state index contributed by atoms with van der Waals surface area (Å²) in [4.78, 5) is 28.3. The number of Topliss-reactive ketones (excluding diaryl/α,β-unsaturated/α-hetero) is 1. The van der Waals surface area contributed by atoms with Gasteiger partial charge in [-0.05, 0) is 35.9 Å². The van der Waals surface area contributed by atoms with Crippen molar-refractivity contribution in [2.75, 3.05) is 4.90 Å². The van der Waals surface area contributed by atoms with Gasteiger partial charge in [0.1, 0.15) is 11.7 Å². The summed E-state index contributed by atoms with van der Waals surface area (Å²) in [6.45, 7) is 0. The molecular weight excluding hydrogens is 390 g/mol. The zero-order valence-corrected chi connectivity index (χ0v) is 16.6. The molecule has 1 aliphatic heterocycles. The average molecular weight is 409 g/mol. The first-order valence-electron chi connectivity index (χ1n) is 10.1. The smallest absolute Gasteiger partial charge is 0.247 e. The van der Waals surface area contributed by atoms with Gasteiger partial charge in [0.2, 0.25) is 17.7 Å². The topological polar surface area (TPSA) is 76.3 Å². The van der Waals surface area contributed by atoms with E-state index in [1.807, 2.05) is 84.9 Å². The van der Waals surface area contributed by atoms with Crippen LogP contribution in [0, 0.1) is 5.92 Å². The SMILES string of the molecule is O=C1Cc2ccccc2N(c2ccccc2)C(=O)C1Cc1nnc(-c2ccccc2)o1. The standard InChI is InChI=1S/C25H19N3O3/c29-22-15-18-11-7-8-14-21(18)28(19-12-5-2-6-13-19)25(30)20(22)16-23-26-27-24(31-23)17-9-3-1-4-10-17/h1-14,20H,15-16H2. The average Bonchev–Trinajstić information content (AvgIpc) is 3.25. The van der Waals surface area contributed by atoms with Crippen LogP contribution in [-0.2, 0) is 22.4 Å². The number of amides is 1. The number of hydrogen-bond donors (Lipinski definition) is 0. The van der Waals surface area contributed by atoms with Crippen molar-refractivity contribution in [3.8, 4) is 11.5 Å². The fourth-order valence-electron chi connectivity index (χ4n) is 3.85. The van der Waals surface area contributed by atoms with Crippen molar-refractivity contribution in [2.45, 2.75) is 12.8 Å².